The number of hydrogen-bond acceptors (Lipinski definition) is 8. The molecule has 6 rings (SSSR count). The van der Waals surface area contributed by atoms with Gasteiger partial charge in [-0.05, 0) is 61.7 Å². The van der Waals surface area contributed by atoms with Crippen molar-refractivity contribution >= 4 is 39.0 Å². The summed E-state index contributed by atoms with van der Waals surface area (Å²) in [4.78, 5) is 13.5. The molecule has 9 heteroatoms. The third-order valence-corrected chi connectivity index (χ3v) is 9.12. The zero-order valence-corrected chi connectivity index (χ0v) is 26.4. The molecule has 2 heterocycles. The summed E-state index contributed by atoms with van der Waals surface area (Å²) in [7, 11) is 0. The van der Waals surface area contributed by atoms with E-state index in [4.69, 9.17) is 36.3 Å². The van der Waals surface area contributed by atoms with E-state index in [-0.39, 0.29) is 17.2 Å². The molecule has 0 aliphatic carbocycles. The summed E-state index contributed by atoms with van der Waals surface area (Å²) < 4.78 is 24.6. The van der Waals surface area contributed by atoms with Crippen molar-refractivity contribution in [3.05, 3.63) is 128 Å². The molecule has 0 fully saturated rings. The van der Waals surface area contributed by atoms with Gasteiger partial charge in [-0.1, -0.05) is 65.7 Å². The van der Waals surface area contributed by atoms with Crippen LogP contribution in [-0.4, -0.2) is 12.6 Å². The van der Waals surface area contributed by atoms with Gasteiger partial charge in [-0.25, -0.2) is 4.79 Å². The first-order chi connectivity index (χ1) is 21.7. The van der Waals surface area contributed by atoms with Crippen molar-refractivity contribution in [2.75, 3.05) is 6.61 Å². The molecule has 45 heavy (non-hydrogen) atoms. The molecule has 226 valence electrons. The number of rotatable bonds is 8. The maximum absolute atomic E-state index is 13.2. The summed E-state index contributed by atoms with van der Waals surface area (Å²) in [5.74, 6) is 0.610. The van der Waals surface area contributed by atoms with Crippen LogP contribution in [0.25, 0.3) is 10.1 Å². The van der Waals surface area contributed by atoms with Gasteiger partial charge in [0.25, 0.3) is 0 Å². The van der Waals surface area contributed by atoms with E-state index in [1.54, 1.807) is 18.2 Å². The Morgan fingerprint density at radius 3 is 2.51 bits per heavy atom. The summed E-state index contributed by atoms with van der Waals surface area (Å²) >= 11 is 7.82. The van der Waals surface area contributed by atoms with Crippen LogP contribution in [0.15, 0.2) is 90.3 Å². The molecule has 0 spiro atoms. The SMILES string of the molecule is CCOc1cc(C2C(C#N)=C(N)Oc3cc(OC(=O)c4sc5cc(C)ccc5c4Cl)ccc32)ccc1OCc1ccc(C)cc1. The minimum absolute atomic E-state index is 0.0287. The predicted octanol–water partition coefficient (Wildman–Crippen LogP) is 8.59. The van der Waals surface area contributed by atoms with Crippen LogP contribution in [0.4, 0.5) is 0 Å². The van der Waals surface area contributed by atoms with Gasteiger partial charge in [-0.3, -0.25) is 0 Å². The number of hydrogen-bond donors (Lipinski definition) is 1. The molecule has 0 saturated heterocycles. The molecule has 1 unspecified atom stereocenters. The Morgan fingerprint density at radius 1 is 0.978 bits per heavy atom. The molecular weight excluding hydrogens is 608 g/mol. The van der Waals surface area contributed by atoms with Crippen molar-refractivity contribution in [1.29, 1.82) is 5.26 Å². The molecule has 2 N–H and O–H groups in total. The fraction of sp³-hybridized carbons (Fsp3) is 0.167. The second kappa shape index (κ2) is 12.6. The number of nitrogens with zero attached hydrogens (tertiary/aromatic N) is 1. The summed E-state index contributed by atoms with van der Waals surface area (Å²) in [6.45, 7) is 6.72. The topological polar surface area (TPSA) is 104 Å². The van der Waals surface area contributed by atoms with E-state index in [0.29, 0.717) is 45.9 Å². The molecule has 0 radical (unpaired) electrons. The van der Waals surface area contributed by atoms with Gasteiger partial charge >= 0.3 is 5.97 Å². The largest absolute Gasteiger partial charge is 0.490 e. The number of nitrogens with two attached hydrogens (primary N) is 1. The lowest BCUT2D eigenvalue weighted by molar-refractivity contribution is 0.0739. The fourth-order valence-electron chi connectivity index (χ4n) is 5.24. The predicted molar refractivity (Wildman–Crippen MR) is 175 cm³/mol. The summed E-state index contributed by atoms with van der Waals surface area (Å²) in [5.41, 5.74) is 11.3. The van der Waals surface area contributed by atoms with Gasteiger partial charge in [0.2, 0.25) is 5.88 Å². The van der Waals surface area contributed by atoms with Crippen LogP contribution in [0.3, 0.4) is 0 Å². The van der Waals surface area contributed by atoms with Gasteiger partial charge in [0.15, 0.2) is 11.5 Å². The molecule has 1 aliphatic heterocycles. The number of aryl methyl sites for hydroxylation is 2. The van der Waals surface area contributed by atoms with E-state index in [9.17, 15) is 10.1 Å². The average Bonchev–Trinajstić information content (AvgIpc) is 3.35. The smallest absolute Gasteiger partial charge is 0.355 e. The number of thiophene rings is 1. The minimum atomic E-state index is -0.574. The molecule has 1 aliphatic rings. The Bertz CT molecular complexity index is 2010. The zero-order chi connectivity index (χ0) is 31.7. The lowest BCUT2D eigenvalue weighted by Crippen LogP contribution is -2.21. The number of carbonyl (C=O) groups excluding carboxylic acids is 1. The molecule has 0 saturated carbocycles. The minimum Gasteiger partial charge on any atom is -0.490 e. The van der Waals surface area contributed by atoms with Crippen LogP contribution in [0.1, 0.15) is 50.3 Å². The van der Waals surface area contributed by atoms with Gasteiger partial charge in [0.1, 0.15) is 34.6 Å². The van der Waals surface area contributed by atoms with Crippen molar-refractivity contribution in [2.45, 2.75) is 33.3 Å². The lowest BCUT2D eigenvalue weighted by atomic mass is 9.83. The molecule has 4 aromatic carbocycles. The second-order valence-electron chi connectivity index (χ2n) is 10.7. The standard InChI is InChI=1S/C36H29ClN2O5S/c1-4-41-30-16-23(10-14-28(30)42-19-22-8-5-20(2)6-9-22)32-25-13-11-24(17-29(25)44-35(39)27(32)18-38)43-36(40)34-33(37)26-12-7-21(3)15-31(26)45-34/h5-17,32H,4,19,39H2,1-3H3. The Labute approximate surface area is 270 Å². The van der Waals surface area contributed by atoms with Crippen LogP contribution in [0, 0.1) is 25.2 Å². The average molecular weight is 637 g/mol. The molecular formula is C36H29ClN2O5S. The normalized spacial score (nSPS) is 14.0. The van der Waals surface area contributed by atoms with E-state index >= 15 is 0 Å². The molecule has 1 aromatic heterocycles. The zero-order valence-electron chi connectivity index (χ0n) is 24.8. The van der Waals surface area contributed by atoms with Crippen LogP contribution < -0.4 is 24.7 Å². The molecule has 0 bridgehead atoms. The Kier molecular flexibility index (Phi) is 8.40. The van der Waals surface area contributed by atoms with E-state index in [2.05, 4.69) is 6.07 Å². The lowest BCUT2D eigenvalue weighted by Gasteiger charge is -2.27. The van der Waals surface area contributed by atoms with Crippen LogP contribution in [0.5, 0.6) is 23.0 Å². The molecule has 0 amide bonds. The Hall–Kier alpha value is -4.97. The maximum Gasteiger partial charge on any atom is 0.355 e. The van der Waals surface area contributed by atoms with Crippen LogP contribution in [0.2, 0.25) is 5.02 Å². The van der Waals surface area contributed by atoms with Crippen LogP contribution >= 0.6 is 22.9 Å². The molecule has 7 nitrogen and oxygen atoms in total. The van der Waals surface area contributed by atoms with Crippen molar-refractivity contribution in [3.63, 3.8) is 0 Å². The van der Waals surface area contributed by atoms with Crippen molar-refractivity contribution in [2.24, 2.45) is 5.73 Å². The number of halogens is 1. The molecule has 5 aromatic rings. The third-order valence-electron chi connectivity index (χ3n) is 7.49. The number of esters is 1. The first kappa shape index (κ1) is 30.1. The number of ether oxygens (including phenoxy) is 4. The Morgan fingerprint density at radius 2 is 1.76 bits per heavy atom. The van der Waals surface area contributed by atoms with E-state index in [1.165, 1.54) is 16.9 Å². The van der Waals surface area contributed by atoms with Gasteiger partial charge in [-0.15, -0.1) is 11.3 Å². The highest BCUT2D eigenvalue weighted by Crippen LogP contribution is 2.45. The quantitative estimate of drug-likeness (QED) is 0.134. The van der Waals surface area contributed by atoms with Crippen molar-refractivity contribution in [3.8, 4) is 29.1 Å². The Balaban J connectivity index is 1.29. The first-order valence-corrected chi connectivity index (χ1v) is 15.5. The van der Waals surface area contributed by atoms with E-state index in [0.717, 1.165) is 26.8 Å². The van der Waals surface area contributed by atoms with Gasteiger partial charge in [0.05, 0.1) is 17.5 Å². The third kappa shape index (κ3) is 6.05. The fourth-order valence-corrected chi connectivity index (χ4v) is 6.72. The van der Waals surface area contributed by atoms with Gasteiger partial charge in [0, 0.05) is 21.7 Å². The van der Waals surface area contributed by atoms with E-state index in [1.807, 2.05) is 81.4 Å². The number of allylic oxidation sites excluding steroid dienone is 1. The van der Waals surface area contributed by atoms with E-state index < -0.39 is 11.9 Å². The van der Waals surface area contributed by atoms with Gasteiger partial charge < -0.3 is 24.7 Å². The molecule has 1 atom stereocenters. The maximum atomic E-state index is 13.2. The number of fused-ring (bicyclic) bond motifs is 2. The highest BCUT2D eigenvalue weighted by atomic mass is 35.5. The monoisotopic (exact) mass is 636 g/mol. The number of benzene rings is 4. The summed E-state index contributed by atoms with van der Waals surface area (Å²) in [6, 6.07) is 26.8. The first-order valence-electron chi connectivity index (χ1n) is 14.3. The van der Waals surface area contributed by atoms with Crippen molar-refractivity contribution in [1.82, 2.24) is 0 Å². The highest BCUT2D eigenvalue weighted by molar-refractivity contribution is 7.21. The second-order valence-corrected chi connectivity index (χ2v) is 12.1. The highest BCUT2D eigenvalue weighted by Gasteiger charge is 2.32. The van der Waals surface area contributed by atoms with Gasteiger partial charge in [-0.2, -0.15) is 5.26 Å². The van der Waals surface area contributed by atoms with Crippen LogP contribution in [-0.2, 0) is 6.61 Å². The van der Waals surface area contributed by atoms with Crippen molar-refractivity contribution < 1.29 is 23.7 Å². The summed E-state index contributed by atoms with van der Waals surface area (Å²) in [6.07, 6.45) is 0. The summed E-state index contributed by atoms with van der Waals surface area (Å²) in [5, 5.41) is 11.2. The number of nitriles is 1. The number of carbonyl (C=O) groups is 1.